The molecule has 3 heteroatoms. The maximum atomic E-state index is 4.84. The van der Waals surface area contributed by atoms with E-state index in [0.717, 1.165) is 38.4 Å². The maximum absolute atomic E-state index is 4.84. The minimum absolute atomic E-state index is 0.779. The van der Waals surface area contributed by atoms with Crippen molar-refractivity contribution in [1.29, 1.82) is 0 Å². The van der Waals surface area contributed by atoms with Gasteiger partial charge in [-0.25, -0.2) is 0 Å². The van der Waals surface area contributed by atoms with Gasteiger partial charge in [-0.2, -0.15) is 0 Å². The molecule has 45 heavy (non-hydrogen) atoms. The van der Waals surface area contributed by atoms with Crippen LogP contribution >= 0.6 is 0 Å². The van der Waals surface area contributed by atoms with Gasteiger partial charge in [-0.3, -0.25) is 4.99 Å². The highest BCUT2D eigenvalue weighted by atomic mass is 15.1. The molecule has 0 aromatic heterocycles. The Bertz CT molecular complexity index is 1430. The molecule has 0 bridgehead atoms. The van der Waals surface area contributed by atoms with E-state index in [-0.39, 0.29) is 0 Å². The minimum atomic E-state index is 0.779. The van der Waals surface area contributed by atoms with Crippen molar-refractivity contribution in [2.24, 2.45) is 4.99 Å². The van der Waals surface area contributed by atoms with Crippen molar-refractivity contribution in [2.45, 2.75) is 92.9 Å². The summed E-state index contributed by atoms with van der Waals surface area (Å²) in [7, 11) is 0. The predicted molar refractivity (Wildman–Crippen MR) is 200 cm³/mol. The molecule has 0 atom stereocenters. The maximum Gasteiger partial charge on any atom is 0.0652 e. The summed E-state index contributed by atoms with van der Waals surface area (Å²) in [6.45, 7) is 18.8. The van der Waals surface area contributed by atoms with E-state index in [1.54, 1.807) is 0 Å². The zero-order chi connectivity index (χ0) is 32.0. The molecule has 0 radical (unpaired) electrons. The number of hydrogen-bond acceptors (Lipinski definition) is 3. The predicted octanol–water partition coefficient (Wildman–Crippen LogP) is 11.1. The van der Waals surface area contributed by atoms with Crippen molar-refractivity contribution in [2.75, 3.05) is 42.5 Å². The molecule has 0 saturated heterocycles. The number of aryl methyl sites for hydroxylation is 1. The Morgan fingerprint density at radius 3 is 1.67 bits per heavy atom. The van der Waals surface area contributed by atoms with Crippen LogP contribution in [-0.2, 0) is 0 Å². The van der Waals surface area contributed by atoms with E-state index >= 15 is 0 Å². The Morgan fingerprint density at radius 1 is 0.600 bits per heavy atom. The fraction of sp³-hybridized carbons (Fsp3) is 0.452. The second-order valence-corrected chi connectivity index (χ2v) is 12.5. The third-order valence-electron chi connectivity index (χ3n) is 8.99. The van der Waals surface area contributed by atoms with E-state index in [2.05, 4.69) is 130 Å². The summed E-state index contributed by atoms with van der Waals surface area (Å²) in [5, 5.41) is 0. The van der Waals surface area contributed by atoms with Crippen LogP contribution in [0, 0.1) is 6.92 Å². The lowest BCUT2D eigenvalue weighted by atomic mass is 9.82. The first-order valence-electron chi connectivity index (χ1n) is 17.8. The third-order valence-corrected chi connectivity index (χ3v) is 8.99. The van der Waals surface area contributed by atoms with Crippen LogP contribution in [-0.4, -0.2) is 38.4 Å². The quantitative estimate of drug-likeness (QED) is 0.153. The number of anilines is 2. The van der Waals surface area contributed by atoms with Gasteiger partial charge in [0.1, 0.15) is 0 Å². The standard InChI is InChI=1S/C42H57N3/c1-7-12-28-44(29-13-8-2)35-22-20-34(21-23-35)42(40-26-27-41(43-11-5)39-19-17-16-18-38(39)40)37-25-24-36(32-33(37)6)45(30-14-9-3)31-15-10-4/h16-27,32H,7-15,28-31H2,1-6H3/b42-40+,43-41?. The van der Waals surface area contributed by atoms with Crippen molar-refractivity contribution >= 4 is 28.2 Å². The van der Waals surface area contributed by atoms with Gasteiger partial charge in [0.15, 0.2) is 0 Å². The molecular weight excluding hydrogens is 546 g/mol. The molecular formula is C42H57N3. The average molecular weight is 604 g/mol. The lowest BCUT2D eigenvalue weighted by Crippen LogP contribution is -2.25. The van der Waals surface area contributed by atoms with Crippen LogP contribution in [0.3, 0.4) is 0 Å². The Labute approximate surface area is 274 Å². The zero-order valence-electron chi connectivity index (χ0n) is 29.0. The summed E-state index contributed by atoms with van der Waals surface area (Å²) >= 11 is 0. The number of rotatable bonds is 17. The summed E-state index contributed by atoms with van der Waals surface area (Å²) < 4.78 is 0. The highest BCUT2D eigenvalue weighted by Gasteiger charge is 2.21. The van der Waals surface area contributed by atoms with E-state index in [1.807, 2.05) is 0 Å². The molecule has 3 aromatic rings. The van der Waals surface area contributed by atoms with Crippen LogP contribution < -0.4 is 9.80 Å². The van der Waals surface area contributed by atoms with Gasteiger partial charge in [0.05, 0.1) is 5.71 Å². The second kappa shape index (κ2) is 17.8. The summed E-state index contributed by atoms with van der Waals surface area (Å²) in [4.78, 5) is 10.0. The van der Waals surface area contributed by atoms with Crippen molar-refractivity contribution in [1.82, 2.24) is 0 Å². The van der Waals surface area contributed by atoms with Crippen molar-refractivity contribution in [3.05, 3.63) is 107 Å². The van der Waals surface area contributed by atoms with Gasteiger partial charge < -0.3 is 9.80 Å². The van der Waals surface area contributed by atoms with Crippen molar-refractivity contribution in [3.8, 4) is 0 Å². The van der Waals surface area contributed by atoms with Gasteiger partial charge in [0.25, 0.3) is 0 Å². The topological polar surface area (TPSA) is 18.8 Å². The number of hydrogen-bond donors (Lipinski definition) is 0. The van der Waals surface area contributed by atoms with Gasteiger partial charge >= 0.3 is 0 Å². The van der Waals surface area contributed by atoms with E-state index in [4.69, 9.17) is 4.99 Å². The Morgan fingerprint density at radius 2 is 1.13 bits per heavy atom. The van der Waals surface area contributed by atoms with Crippen LogP contribution in [0.25, 0.3) is 11.1 Å². The Balaban J connectivity index is 1.86. The first-order chi connectivity index (χ1) is 22.1. The van der Waals surface area contributed by atoms with Gasteiger partial charge in [0, 0.05) is 49.7 Å². The minimum Gasteiger partial charge on any atom is -0.372 e. The van der Waals surface area contributed by atoms with Crippen LogP contribution in [0.15, 0.2) is 83.9 Å². The number of unbranched alkanes of at least 4 members (excludes halogenated alkanes) is 4. The number of allylic oxidation sites excluding steroid dienone is 3. The van der Waals surface area contributed by atoms with E-state index in [9.17, 15) is 0 Å². The van der Waals surface area contributed by atoms with E-state index < -0.39 is 0 Å². The largest absolute Gasteiger partial charge is 0.372 e. The fourth-order valence-electron chi connectivity index (χ4n) is 6.37. The molecule has 1 aliphatic rings. The van der Waals surface area contributed by atoms with Crippen LogP contribution in [0.2, 0.25) is 0 Å². The number of nitrogens with zero attached hydrogens (tertiary/aromatic N) is 3. The van der Waals surface area contributed by atoms with Gasteiger partial charge in [-0.1, -0.05) is 102 Å². The van der Waals surface area contributed by atoms with Gasteiger partial charge in [-0.15, -0.1) is 0 Å². The summed E-state index contributed by atoms with van der Waals surface area (Å²) in [5.74, 6) is 0. The van der Waals surface area contributed by atoms with Crippen molar-refractivity contribution in [3.63, 3.8) is 0 Å². The van der Waals surface area contributed by atoms with Crippen LogP contribution in [0.1, 0.15) is 114 Å². The summed E-state index contributed by atoms with van der Waals surface area (Å²) in [5.41, 5.74) is 12.7. The average Bonchev–Trinajstić information content (AvgIpc) is 3.07. The van der Waals surface area contributed by atoms with Gasteiger partial charge in [-0.05, 0) is 103 Å². The third kappa shape index (κ3) is 8.78. The molecule has 3 nitrogen and oxygen atoms in total. The molecule has 0 unspecified atom stereocenters. The molecule has 0 spiro atoms. The fourth-order valence-corrected chi connectivity index (χ4v) is 6.37. The van der Waals surface area contributed by atoms with Crippen LogP contribution in [0.4, 0.5) is 11.4 Å². The zero-order valence-corrected chi connectivity index (χ0v) is 29.0. The lowest BCUT2D eigenvalue weighted by molar-refractivity contribution is 0.678. The van der Waals surface area contributed by atoms with E-state index in [0.29, 0.717) is 0 Å². The van der Waals surface area contributed by atoms with Crippen molar-refractivity contribution < 1.29 is 0 Å². The van der Waals surface area contributed by atoms with Crippen LogP contribution in [0.5, 0.6) is 0 Å². The first kappa shape index (κ1) is 34.3. The summed E-state index contributed by atoms with van der Waals surface area (Å²) in [6.07, 6.45) is 14.3. The smallest absolute Gasteiger partial charge is 0.0652 e. The Kier molecular flexibility index (Phi) is 13.5. The number of aliphatic imine (C=N–C) groups is 1. The molecule has 0 amide bonds. The number of benzene rings is 3. The molecule has 0 fully saturated rings. The highest BCUT2D eigenvalue weighted by molar-refractivity contribution is 6.19. The molecule has 1 aliphatic carbocycles. The second-order valence-electron chi connectivity index (χ2n) is 12.5. The number of fused-ring (bicyclic) bond motifs is 1. The molecule has 0 saturated carbocycles. The molecule has 3 aromatic carbocycles. The summed E-state index contributed by atoms with van der Waals surface area (Å²) in [6, 6.07) is 25.4. The normalized spacial score (nSPS) is 14.5. The monoisotopic (exact) mass is 603 g/mol. The Hall–Kier alpha value is -3.59. The molecule has 0 heterocycles. The SMILES string of the molecule is CCCCN(CCCC)c1ccc(/C(=C2/C=CC(=NCC)c3ccccc32)c2ccc(N(CCCC)CCCC)cc2C)cc1. The highest BCUT2D eigenvalue weighted by Crippen LogP contribution is 2.39. The lowest BCUT2D eigenvalue weighted by Gasteiger charge is -2.27. The molecule has 240 valence electrons. The molecule has 0 N–H and O–H groups in total. The molecule has 0 aliphatic heterocycles. The molecule has 4 rings (SSSR count). The van der Waals surface area contributed by atoms with Gasteiger partial charge in [0.2, 0.25) is 0 Å². The first-order valence-corrected chi connectivity index (χ1v) is 17.8. The van der Waals surface area contributed by atoms with E-state index in [1.165, 1.54) is 102 Å².